The fourth-order valence-electron chi connectivity index (χ4n) is 1.56. The number of thiophene rings is 1. The zero-order valence-corrected chi connectivity index (χ0v) is 12.5. The first-order chi connectivity index (χ1) is 9.56. The molecule has 0 aliphatic heterocycles. The Bertz CT molecular complexity index is 587. The van der Waals surface area contributed by atoms with E-state index in [4.69, 9.17) is 22.1 Å². The maximum absolute atomic E-state index is 12.0. The Morgan fingerprint density at radius 3 is 2.95 bits per heavy atom. The molecule has 1 atom stereocenters. The van der Waals surface area contributed by atoms with Crippen LogP contribution in [-0.2, 0) is 16.1 Å². The molecular formula is C14H15ClN2O2S. The summed E-state index contributed by atoms with van der Waals surface area (Å²) in [5.74, 6) is -0.240. The third-order valence-corrected chi connectivity index (χ3v) is 3.78. The molecule has 1 amide bonds. The average molecular weight is 311 g/mol. The lowest BCUT2D eigenvalue weighted by molar-refractivity contribution is -0.127. The molecule has 0 aliphatic carbocycles. The zero-order valence-electron chi connectivity index (χ0n) is 10.9. The van der Waals surface area contributed by atoms with E-state index >= 15 is 0 Å². The van der Waals surface area contributed by atoms with E-state index in [1.807, 2.05) is 17.5 Å². The number of rotatable bonds is 5. The molecule has 2 rings (SSSR count). The minimum absolute atomic E-state index is 0.240. The van der Waals surface area contributed by atoms with Crippen LogP contribution in [0.15, 0.2) is 35.7 Å². The number of hydrogen-bond acceptors (Lipinski definition) is 4. The summed E-state index contributed by atoms with van der Waals surface area (Å²) in [6.45, 7) is 2.12. The molecule has 1 aromatic heterocycles. The Morgan fingerprint density at radius 2 is 2.30 bits per heavy atom. The summed E-state index contributed by atoms with van der Waals surface area (Å²) in [4.78, 5) is 13.1. The van der Waals surface area contributed by atoms with Gasteiger partial charge in [0.1, 0.15) is 6.10 Å². The molecule has 6 heteroatoms. The van der Waals surface area contributed by atoms with Gasteiger partial charge in [0, 0.05) is 9.90 Å². The van der Waals surface area contributed by atoms with Gasteiger partial charge in [-0.2, -0.15) is 0 Å². The first kappa shape index (κ1) is 14.8. The van der Waals surface area contributed by atoms with Crippen LogP contribution in [0.3, 0.4) is 0 Å². The molecule has 0 spiro atoms. The van der Waals surface area contributed by atoms with Gasteiger partial charge in [0.25, 0.3) is 5.91 Å². The number of hydrogen-bond donors (Lipinski definition) is 2. The highest BCUT2D eigenvalue weighted by atomic mass is 35.5. The van der Waals surface area contributed by atoms with E-state index in [1.165, 1.54) is 0 Å². The van der Waals surface area contributed by atoms with Crippen LogP contribution >= 0.6 is 22.9 Å². The number of amides is 1. The third kappa shape index (κ3) is 3.96. The van der Waals surface area contributed by atoms with Gasteiger partial charge in [-0.15, -0.1) is 11.3 Å². The molecule has 0 saturated heterocycles. The number of nitrogens with two attached hydrogens (primary N) is 1. The number of nitrogens with one attached hydrogen (secondary N) is 1. The normalized spacial score (nSPS) is 12.1. The standard InChI is InChI=1S/C14H15ClN2O2S/c1-9(19-8-11-3-2-6-20-11)14(18)17-13-5-4-10(15)7-12(13)16/h2-7,9H,8,16H2,1H3,(H,17,18). The van der Waals surface area contributed by atoms with Gasteiger partial charge in [0.2, 0.25) is 0 Å². The molecule has 0 saturated carbocycles. The lowest BCUT2D eigenvalue weighted by Crippen LogP contribution is -2.27. The summed E-state index contributed by atoms with van der Waals surface area (Å²) in [5.41, 5.74) is 6.74. The van der Waals surface area contributed by atoms with Crippen LogP contribution in [0.2, 0.25) is 5.02 Å². The minimum Gasteiger partial charge on any atom is -0.397 e. The highest BCUT2D eigenvalue weighted by Gasteiger charge is 2.15. The van der Waals surface area contributed by atoms with Crippen LogP contribution in [0.4, 0.5) is 11.4 Å². The second-order valence-corrected chi connectivity index (χ2v) is 5.72. The van der Waals surface area contributed by atoms with E-state index in [2.05, 4.69) is 5.32 Å². The maximum atomic E-state index is 12.0. The maximum Gasteiger partial charge on any atom is 0.253 e. The van der Waals surface area contributed by atoms with Gasteiger partial charge in [0.05, 0.1) is 18.0 Å². The Labute approximate surface area is 126 Å². The van der Waals surface area contributed by atoms with Gasteiger partial charge >= 0.3 is 0 Å². The van der Waals surface area contributed by atoms with Crippen molar-refractivity contribution in [2.24, 2.45) is 0 Å². The van der Waals surface area contributed by atoms with Crippen LogP contribution < -0.4 is 11.1 Å². The van der Waals surface area contributed by atoms with Crippen molar-refractivity contribution in [3.8, 4) is 0 Å². The van der Waals surface area contributed by atoms with E-state index in [-0.39, 0.29) is 5.91 Å². The Kier molecular flexibility index (Phi) is 5.00. The van der Waals surface area contributed by atoms with Gasteiger partial charge in [-0.25, -0.2) is 0 Å². The van der Waals surface area contributed by atoms with E-state index < -0.39 is 6.10 Å². The number of halogens is 1. The van der Waals surface area contributed by atoms with Crippen LogP contribution in [-0.4, -0.2) is 12.0 Å². The number of benzene rings is 1. The third-order valence-electron chi connectivity index (χ3n) is 2.70. The first-order valence-electron chi connectivity index (χ1n) is 6.06. The van der Waals surface area contributed by atoms with Crippen LogP contribution in [0.1, 0.15) is 11.8 Å². The molecule has 1 unspecified atom stereocenters. The second kappa shape index (κ2) is 6.74. The smallest absolute Gasteiger partial charge is 0.253 e. The summed E-state index contributed by atoms with van der Waals surface area (Å²) in [6, 6.07) is 8.84. The van der Waals surface area contributed by atoms with Crippen LogP contribution in [0.25, 0.3) is 0 Å². The summed E-state index contributed by atoms with van der Waals surface area (Å²) in [5, 5.41) is 5.22. The molecule has 0 radical (unpaired) electrons. The van der Waals surface area contributed by atoms with Crippen molar-refractivity contribution in [1.82, 2.24) is 0 Å². The molecule has 0 fully saturated rings. The molecule has 1 heterocycles. The second-order valence-electron chi connectivity index (χ2n) is 4.25. The summed E-state index contributed by atoms with van der Waals surface area (Å²) < 4.78 is 5.52. The highest BCUT2D eigenvalue weighted by molar-refractivity contribution is 7.09. The van der Waals surface area contributed by atoms with Crippen LogP contribution in [0, 0.1) is 0 Å². The quantitative estimate of drug-likeness (QED) is 0.830. The largest absolute Gasteiger partial charge is 0.397 e. The van der Waals surface area contributed by atoms with E-state index in [1.54, 1.807) is 36.5 Å². The lowest BCUT2D eigenvalue weighted by atomic mass is 10.2. The van der Waals surface area contributed by atoms with E-state index in [0.29, 0.717) is 23.0 Å². The Balaban J connectivity index is 1.90. The lowest BCUT2D eigenvalue weighted by Gasteiger charge is -2.14. The fourth-order valence-corrected chi connectivity index (χ4v) is 2.36. The number of carbonyl (C=O) groups is 1. The Morgan fingerprint density at radius 1 is 1.50 bits per heavy atom. The number of nitrogen functional groups attached to an aromatic ring is 1. The monoisotopic (exact) mass is 310 g/mol. The van der Waals surface area contributed by atoms with Crippen molar-refractivity contribution in [2.45, 2.75) is 19.6 Å². The van der Waals surface area contributed by atoms with Crippen molar-refractivity contribution in [2.75, 3.05) is 11.1 Å². The summed E-state index contributed by atoms with van der Waals surface area (Å²) in [7, 11) is 0. The van der Waals surface area contributed by atoms with Gasteiger partial charge in [-0.3, -0.25) is 4.79 Å². The average Bonchev–Trinajstić information content (AvgIpc) is 2.92. The van der Waals surface area contributed by atoms with Crippen LogP contribution in [0.5, 0.6) is 0 Å². The topological polar surface area (TPSA) is 64.3 Å². The number of anilines is 2. The molecule has 1 aromatic carbocycles. The zero-order chi connectivity index (χ0) is 14.5. The fraction of sp³-hybridized carbons (Fsp3) is 0.214. The molecule has 106 valence electrons. The van der Waals surface area contributed by atoms with E-state index in [0.717, 1.165) is 4.88 Å². The molecule has 2 aromatic rings. The van der Waals surface area contributed by atoms with Gasteiger partial charge < -0.3 is 15.8 Å². The molecule has 3 N–H and O–H groups in total. The summed E-state index contributed by atoms with van der Waals surface area (Å²) in [6.07, 6.45) is -0.563. The molecule has 0 bridgehead atoms. The molecule has 0 aliphatic rings. The minimum atomic E-state index is -0.563. The molecular weight excluding hydrogens is 296 g/mol. The van der Waals surface area contributed by atoms with Gasteiger partial charge in [0.15, 0.2) is 0 Å². The SMILES string of the molecule is CC(OCc1cccs1)C(=O)Nc1ccc(Cl)cc1N. The van der Waals surface area contributed by atoms with Crippen molar-refractivity contribution < 1.29 is 9.53 Å². The van der Waals surface area contributed by atoms with Crippen molar-refractivity contribution >= 4 is 40.2 Å². The summed E-state index contributed by atoms with van der Waals surface area (Å²) >= 11 is 7.40. The van der Waals surface area contributed by atoms with Crippen molar-refractivity contribution in [3.05, 3.63) is 45.6 Å². The highest BCUT2D eigenvalue weighted by Crippen LogP contribution is 2.23. The molecule has 4 nitrogen and oxygen atoms in total. The Hall–Kier alpha value is -1.56. The van der Waals surface area contributed by atoms with Crippen molar-refractivity contribution in [1.29, 1.82) is 0 Å². The predicted molar refractivity (Wildman–Crippen MR) is 83.1 cm³/mol. The number of ether oxygens (including phenoxy) is 1. The molecule has 20 heavy (non-hydrogen) atoms. The van der Waals surface area contributed by atoms with Gasteiger partial charge in [-0.05, 0) is 36.6 Å². The van der Waals surface area contributed by atoms with Gasteiger partial charge in [-0.1, -0.05) is 17.7 Å². The first-order valence-corrected chi connectivity index (χ1v) is 7.32. The number of carbonyl (C=O) groups excluding carboxylic acids is 1. The van der Waals surface area contributed by atoms with Crippen molar-refractivity contribution in [3.63, 3.8) is 0 Å². The van der Waals surface area contributed by atoms with E-state index in [9.17, 15) is 4.79 Å². The predicted octanol–water partition coefficient (Wildman–Crippen LogP) is 3.53.